The van der Waals surface area contributed by atoms with E-state index >= 15 is 0 Å². The van der Waals surface area contributed by atoms with Gasteiger partial charge in [-0.15, -0.1) is 0 Å². The summed E-state index contributed by atoms with van der Waals surface area (Å²) in [6, 6.07) is 3.81. The lowest BCUT2D eigenvalue weighted by Gasteiger charge is -2.04. The molecule has 0 fully saturated rings. The van der Waals surface area contributed by atoms with E-state index in [0.29, 0.717) is 21.7 Å². The molecule has 1 aromatic heterocycles. The highest BCUT2D eigenvalue weighted by molar-refractivity contribution is 7.80. The van der Waals surface area contributed by atoms with Crippen LogP contribution >= 0.6 is 24.2 Å². The van der Waals surface area contributed by atoms with Crippen LogP contribution < -0.4 is 0 Å². The van der Waals surface area contributed by atoms with E-state index in [1.54, 1.807) is 0 Å². The van der Waals surface area contributed by atoms with Gasteiger partial charge in [0.15, 0.2) is 5.58 Å². The van der Waals surface area contributed by atoms with E-state index in [2.05, 4.69) is 31.5 Å². The second-order valence-corrected chi connectivity index (χ2v) is 4.26. The fourth-order valence-electron chi connectivity index (χ4n) is 1.44. The van der Waals surface area contributed by atoms with Crippen molar-refractivity contribution in [2.24, 2.45) is 0 Å². The number of rotatable bonds is 1. The van der Waals surface area contributed by atoms with E-state index in [4.69, 9.17) is 16.0 Å². The zero-order chi connectivity index (χ0) is 10.3. The minimum Gasteiger partial charge on any atom is -0.431 e. The third-order valence-electron chi connectivity index (χ3n) is 2.14. The Balaban J connectivity index is 2.81. The van der Waals surface area contributed by atoms with Gasteiger partial charge < -0.3 is 4.42 Å². The Labute approximate surface area is 92.7 Å². The van der Waals surface area contributed by atoms with Gasteiger partial charge in [0, 0.05) is 0 Å². The van der Waals surface area contributed by atoms with Crippen LogP contribution in [0.15, 0.2) is 21.8 Å². The molecule has 14 heavy (non-hydrogen) atoms. The highest BCUT2D eigenvalue weighted by atomic mass is 35.5. The standard InChI is InChI=1S/C10H10ClNOS/c1-5(2)6-3-4-7(11)8-9(6)13-10(14)12-8/h3-5H,1-2H3,(H,12,14). The SMILES string of the molecule is CC(C)c1ccc(Cl)c2nc(S)oc12. The largest absolute Gasteiger partial charge is 0.431 e. The Hall–Kier alpha value is -0.670. The second kappa shape index (κ2) is 3.48. The third-order valence-corrected chi connectivity index (χ3v) is 2.63. The molecule has 2 aromatic rings. The first kappa shape index (κ1) is 9.87. The fourth-order valence-corrected chi connectivity index (χ4v) is 1.82. The number of fused-ring (bicyclic) bond motifs is 1. The van der Waals surface area contributed by atoms with E-state index in [0.717, 1.165) is 11.1 Å². The van der Waals surface area contributed by atoms with Crippen LogP contribution in [0.4, 0.5) is 0 Å². The topological polar surface area (TPSA) is 26.0 Å². The van der Waals surface area contributed by atoms with Crippen molar-refractivity contribution in [1.82, 2.24) is 4.98 Å². The summed E-state index contributed by atoms with van der Waals surface area (Å²) >= 11 is 10.1. The average Bonchev–Trinajstić information content (AvgIpc) is 2.47. The Kier molecular flexibility index (Phi) is 2.45. The monoisotopic (exact) mass is 227 g/mol. The van der Waals surface area contributed by atoms with Crippen molar-refractivity contribution in [3.05, 3.63) is 22.7 Å². The highest BCUT2D eigenvalue weighted by Crippen LogP contribution is 2.31. The third kappa shape index (κ3) is 1.51. The van der Waals surface area contributed by atoms with Crippen molar-refractivity contribution in [2.75, 3.05) is 0 Å². The number of halogens is 1. The first-order valence-corrected chi connectivity index (χ1v) is 5.20. The van der Waals surface area contributed by atoms with E-state index in [1.807, 2.05) is 12.1 Å². The average molecular weight is 228 g/mol. The molecule has 0 aliphatic heterocycles. The molecule has 0 saturated heterocycles. The summed E-state index contributed by atoms with van der Waals surface area (Å²) in [4.78, 5) is 4.12. The first-order chi connectivity index (χ1) is 6.59. The molecule has 0 spiro atoms. The predicted octanol–water partition coefficient (Wildman–Crippen LogP) is 3.89. The molecule has 0 aliphatic rings. The summed E-state index contributed by atoms with van der Waals surface area (Å²) in [5.74, 6) is 0.385. The molecule has 0 aliphatic carbocycles. The smallest absolute Gasteiger partial charge is 0.253 e. The summed E-state index contributed by atoms with van der Waals surface area (Å²) < 4.78 is 5.41. The van der Waals surface area contributed by atoms with Crippen LogP contribution in [0.3, 0.4) is 0 Å². The van der Waals surface area contributed by atoms with Gasteiger partial charge in [-0.2, -0.15) is 0 Å². The van der Waals surface area contributed by atoms with Gasteiger partial charge in [-0.05, 0) is 17.5 Å². The second-order valence-electron chi connectivity index (χ2n) is 3.47. The van der Waals surface area contributed by atoms with Gasteiger partial charge in [0.25, 0.3) is 5.22 Å². The number of nitrogens with zero attached hydrogens (tertiary/aromatic N) is 1. The van der Waals surface area contributed by atoms with Crippen molar-refractivity contribution in [3.8, 4) is 0 Å². The molecule has 0 radical (unpaired) electrons. The predicted molar refractivity (Wildman–Crippen MR) is 60.4 cm³/mol. The van der Waals surface area contributed by atoms with Gasteiger partial charge >= 0.3 is 0 Å². The van der Waals surface area contributed by atoms with E-state index < -0.39 is 0 Å². The molecule has 0 unspecified atom stereocenters. The number of oxazole rings is 1. The molecule has 4 heteroatoms. The molecular weight excluding hydrogens is 218 g/mol. The maximum Gasteiger partial charge on any atom is 0.253 e. The van der Waals surface area contributed by atoms with Gasteiger partial charge in [0.05, 0.1) is 5.02 Å². The summed E-state index contributed by atoms with van der Waals surface area (Å²) in [5, 5.41) is 0.962. The Morgan fingerprint density at radius 2 is 2.14 bits per heavy atom. The summed E-state index contributed by atoms with van der Waals surface area (Å²) in [5.41, 5.74) is 2.55. The summed E-state index contributed by atoms with van der Waals surface area (Å²) in [6.45, 7) is 4.20. The van der Waals surface area contributed by atoms with Gasteiger partial charge in [-0.3, -0.25) is 0 Å². The van der Waals surface area contributed by atoms with Crippen LogP contribution in [0, 0.1) is 0 Å². The molecule has 2 nitrogen and oxygen atoms in total. The van der Waals surface area contributed by atoms with Crippen molar-refractivity contribution >= 4 is 35.3 Å². The Morgan fingerprint density at radius 1 is 1.43 bits per heavy atom. The van der Waals surface area contributed by atoms with Gasteiger partial charge in [-0.1, -0.05) is 44.1 Å². The Morgan fingerprint density at radius 3 is 2.79 bits per heavy atom. The lowest BCUT2D eigenvalue weighted by molar-refractivity contribution is 0.488. The lowest BCUT2D eigenvalue weighted by atomic mass is 10.0. The molecule has 0 N–H and O–H groups in total. The summed E-state index contributed by atoms with van der Waals surface area (Å²) in [6.07, 6.45) is 0. The molecule has 0 saturated carbocycles. The van der Waals surface area contributed by atoms with Crippen molar-refractivity contribution < 1.29 is 4.42 Å². The maximum atomic E-state index is 5.99. The molecule has 0 atom stereocenters. The van der Waals surface area contributed by atoms with E-state index in [1.165, 1.54) is 0 Å². The van der Waals surface area contributed by atoms with Gasteiger partial charge in [0.1, 0.15) is 5.52 Å². The molecule has 2 rings (SSSR count). The summed E-state index contributed by atoms with van der Waals surface area (Å²) in [7, 11) is 0. The molecule has 1 aromatic carbocycles. The molecule has 0 amide bonds. The molecule has 74 valence electrons. The maximum absolute atomic E-state index is 5.99. The number of thiol groups is 1. The van der Waals surface area contributed by atoms with Crippen LogP contribution in [-0.4, -0.2) is 4.98 Å². The zero-order valence-electron chi connectivity index (χ0n) is 7.91. The first-order valence-electron chi connectivity index (χ1n) is 4.37. The van der Waals surface area contributed by atoms with Crippen molar-refractivity contribution in [3.63, 3.8) is 0 Å². The zero-order valence-corrected chi connectivity index (χ0v) is 9.56. The Bertz CT molecular complexity index is 478. The number of benzene rings is 1. The van der Waals surface area contributed by atoms with Crippen molar-refractivity contribution in [1.29, 1.82) is 0 Å². The van der Waals surface area contributed by atoms with Gasteiger partial charge in [-0.25, -0.2) is 4.98 Å². The minimum atomic E-state index is 0.356. The van der Waals surface area contributed by atoms with Crippen LogP contribution in [-0.2, 0) is 0 Å². The highest BCUT2D eigenvalue weighted by Gasteiger charge is 2.13. The van der Waals surface area contributed by atoms with E-state index in [-0.39, 0.29) is 0 Å². The van der Waals surface area contributed by atoms with Crippen LogP contribution in [0.2, 0.25) is 5.02 Å². The van der Waals surface area contributed by atoms with Crippen LogP contribution in [0.5, 0.6) is 0 Å². The number of hydrogen-bond donors (Lipinski definition) is 1. The molecular formula is C10H10ClNOS. The van der Waals surface area contributed by atoms with E-state index in [9.17, 15) is 0 Å². The van der Waals surface area contributed by atoms with Crippen LogP contribution in [0.1, 0.15) is 25.3 Å². The number of aromatic nitrogens is 1. The lowest BCUT2D eigenvalue weighted by Crippen LogP contribution is -1.87. The number of hydrogen-bond acceptors (Lipinski definition) is 3. The van der Waals surface area contributed by atoms with Gasteiger partial charge in [0.2, 0.25) is 0 Å². The van der Waals surface area contributed by atoms with Crippen LogP contribution in [0.25, 0.3) is 11.1 Å². The van der Waals surface area contributed by atoms with Crippen molar-refractivity contribution in [2.45, 2.75) is 25.0 Å². The molecule has 1 heterocycles. The minimum absolute atomic E-state index is 0.356. The molecule has 0 bridgehead atoms. The fraction of sp³-hybridized carbons (Fsp3) is 0.300. The normalized spacial score (nSPS) is 11.5. The quantitative estimate of drug-likeness (QED) is 0.748.